The van der Waals surface area contributed by atoms with Crippen LogP contribution in [0.5, 0.6) is 0 Å². The van der Waals surface area contributed by atoms with Crippen molar-refractivity contribution in [3.8, 4) is 0 Å². The van der Waals surface area contributed by atoms with Crippen LogP contribution < -0.4 is 0 Å². The summed E-state index contributed by atoms with van der Waals surface area (Å²) < 4.78 is 66.1. The molecule has 0 spiro atoms. The molecule has 0 aromatic heterocycles. The summed E-state index contributed by atoms with van der Waals surface area (Å²) in [4.78, 5) is 0. The molecule has 5 atom stereocenters. The standard InChI is InChI=1S/C20H25F3O3S/c1-18-11-4-3-5-13(18)6-7-14-15-8-9-17(19(15,2)12-10-16(14)18)26-27(24,25)20(21,22)23/h3,5-6,9,14-16H,4,7-8,10-12H2,1-2H3/t14?,15?,16?,18?,19-/m0/s1. The van der Waals surface area contributed by atoms with Gasteiger partial charge in [0.05, 0.1) is 0 Å². The molecule has 27 heavy (non-hydrogen) atoms. The summed E-state index contributed by atoms with van der Waals surface area (Å²) in [6.45, 7) is 4.19. The first kappa shape index (κ1) is 19.1. The van der Waals surface area contributed by atoms with Crippen LogP contribution in [0.2, 0.25) is 0 Å². The van der Waals surface area contributed by atoms with E-state index in [1.54, 1.807) is 6.08 Å². The summed E-state index contributed by atoms with van der Waals surface area (Å²) in [5.74, 6) is 0.935. The van der Waals surface area contributed by atoms with Crippen LogP contribution in [0.3, 0.4) is 0 Å². The summed E-state index contributed by atoms with van der Waals surface area (Å²) in [6.07, 6.45) is 13.5. The Kier molecular flexibility index (Phi) is 4.16. The van der Waals surface area contributed by atoms with Crippen molar-refractivity contribution in [3.05, 3.63) is 35.6 Å². The fourth-order valence-electron chi connectivity index (χ4n) is 6.12. The van der Waals surface area contributed by atoms with Gasteiger partial charge in [0, 0.05) is 5.41 Å². The molecule has 4 rings (SSSR count). The molecule has 4 unspecified atom stereocenters. The smallest absolute Gasteiger partial charge is 0.380 e. The highest BCUT2D eigenvalue weighted by molar-refractivity contribution is 7.87. The Morgan fingerprint density at radius 1 is 1.07 bits per heavy atom. The van der Waals surface area contributed by atoms with Gasteiger partial charge in [-0.1, -0.05) is 32.1 Å². The molecule has 150 valence electrons. The molecule has 0 saturated heterocycles. The summed E-state index contributed by atoms with van der Waals surface area (Å²) in [7, 11) is -5.62. The number of halogens is 3. The van der Waals surface area contributed by atoms with E-state index >= 15 is 0 Å². The third-order valence-corrected chi connectivity index (χ3v) is 8.61. The average Bonchev–Trinajstić information content (AvgIpc) is 2.89. The highest BCUT2D eigenvalue weighted by Gasteiger charge is 2.58. The third-order valence-electron chi connectivity index (χ3n) is 7.65. The monoisotopic (exact) mass is 402 g/mol. The Morgan fingerprint density at radius 2 is 1.81 bits per heavy atom. The van der Waals surface area contributed by atoms with E-state index in [-0.39, 0.29) is 17.1 Å². The van der Waals surface area contributed by atoms with Crippen molar-refractivity contribution in [1.29, 1.82) is 0 Å². The van der Waals surface area contributed by atoms with Crippen LogP contribution in [0.15, 0.2) is 35.6 Å². The van der Waals surface area contributed by atoms with Crippen LogP contribution in [-0.4, -0.2) is 13.9 Å². The van der Waals surface area contributed by atoms with Gasteiger partial charge in [0.1, 0.15) is 5.76 Å². The number of hydrogen-bond acceptors (Lipinski definition) is 3. The first-order valence-electron chi connectivity index (χ1n) is 9.58. The number of allylic oxidation sites excluding steroid dienone is 6. The Balaban J connectivity index is 1.62. The van der Waals surface area contributed by atoms with Crippen LogP contribution in [0.1, 0.15) is 52.4 Å². The van der Waals surface area contributed by atoms with Gasteiger partial charge in [0.2, 0.25) is 0 Å². The average molecular weight is 402 g/mol. The lowest BCUT2D eigenvalue weighted by Gasteiger charge is -2.56. The maximum atomic E-state index is 12.8. The summed E-state index contributed by atoms with van der Waals surface area (Å²) >= 11 is 0. The SMILES string of the molecule is CC12CCC=CC1=CCC1C2CC[C@]2(C)C(OS(=O)(=O)C(F)(F)F)=CCC12. The van der Waals surface area contributed by atoms with E-state index in [2.05, 4.69) is 29.3 Å². The van der Waals surface area contributed by atoms with Crippen molar-refractivity contribution < 1.29 is 25.8 Å². The Hall–Kier alpha value is -1.24. The molecule has 1 fully saturated rings. The molecule has 4 aliphatic rings. The van der Waals surface area contributed by atoms with E-state index in [1.807, 2.05) is 6.92 Å². The topological polar surface area (TPSA) is 43.4 Å². The maximum Gasteiger partial charge on any atom is 0.534 e. The summed E-state index contributed by atoms with van der Waals surface area (Å²) in [5, 5.41) is 0. The van der Waals surface area contributed by atoms with Crippen molar-refractivity contribution >= 4 is 10.1 Å². The van der Waals surface area contributed by atoms with Crippen molar-refractivity contribution in [3.63, 3.8) is 0 Å². The number of fused-ring (bicyclic) bond motifs is 5. The third kappa shape index (κ3) is 2.71. The first-order chi connectivity index (χ1) is 12.5. The van der Waals surface area contributed by atoms with E-state index in [0.717, 1.165) is 25.7 Å². The van der Waals surface area contributed by atoms with Gasteiger partial charge in [-0.3, -0.25) is 0 Å². The minimum absolute atomic E-state index is 0.00764. The molecule has 3 nitrogen and oxygen atoms in total. The predicted molar refractivity (Wildman–Crippen MR) is 95.8 cm³/mol. The molecular formula is C20H25F3O3S. The zero-order valence-corrected chi connectivity index (χ0v) is 16.4. The molecule has 0 radical (unpaired) electrons. The van der Waals surface area contributed by atoms with Crippen molar-refractivity contribution in [1.82, 2.24) is 0 Å². The van der Waals surface area contributed by atoms with E-state index in [9.17, 15) is 21.6 Å². The molecule has 0 amide bonds. The van der Waals surface area contributed by atoms with Crippen LogP contribution in [0, 0.1) is 28.6 Å². The van der Waals surface area contributed by atoms with E-state index in [1.165, 1.54) is 5.57 Å². The van der Waals surface area contributed by atoms with Crippen LogP contribution in [0.4, 0.5) is 13.2 Å². The van der Waals surface area contributed by atoms with Crippen molar-refractivity contribution in [2.24, 2.45) is 28.6 Å². The minimum Gasteiger partial charge on any atom is -0.380 e. The Bertz CT molecular complexity index is 839. The van der Waals surface area contributed by atoms with Gasteiger partial charge in [-0.25, -0.2) is 0 Å². The van der Waals surface area contributed by atoms with E-state index < -0.39 is 21.0 Å². The van der Waals surface area contributed by atoms with Gasteiger partial charge >= 0.3 is 15.6 Å². The molecule has 0 bridgehead atoms. The lowest BCUT2D eigenvalue weighted by molar-refractivity contribution is -0.0566. The lowest BCUT2D eigenvalue weighted by atomic mass is 9.49. The Morgan fingerprint density at radius 3 is 2.52 bits per heavy atom. The number of alkyl halides is 3. The highest BCUT2D eigenvalue weighted by atomic mass is 32.2. The molecular weight excluding hydrogens is 377 g/mol. The predicted octanol–water partition coefficient (Wildman–Crippen LogP) is 5.48. The second-order valence-corrected chi connectivity index (χ2v) is 10.4. The second kappa shape index (κ2) is 5.88. The first-order valence-corrected chi connectivity index (χ1v) is 11.0. The summed E-state index contributed by atoms with van der Waals surface area (Å²) in [5.41, 5.74) is -4.54. The lowest BCUT2D eigenvalue weighted by Crippen LogP contribution is -2.48. The molecule has 4 aliphatic carbocycles. The zero-order chi connectivity index (χ0) is 19.7. The largest absolute Gasteiger partial charge is 0.534 e. The van der Waals surface area contributed by atoms with E-state index in [0.29, 0.717) is 24.7 Å². The van der Waals surface area contributed by atoms with Crippen molar-refractivity contribution in [2.75, 3.05) is 0 Å². The van der Waals surface area contributed by atoms with Crippen LogP contribution in [0.25, 0.3) is 0 Å². The fraction of sp³-hybridized carbons (Fsp3) is 0.700. The van der Waals surface area contributed by atoms with Crippen LogP contribution in [-0.2, 0) is 14.3 Å². The quantitative estimate of drug-likeness (QED) is 0.454. The minimum atomic E-state index is -5.62. The number of hydrogen-bond donors (Lipinski definition) is 0. The summed E-state index contributed by atoms with van der Waals surface area (Å²) in [6, 6.07) is 0. The van der Waals surface area contributed by atoms with Gasteiger partial charge in [0.25, 0.3) is 0 Å². The maximum absolute atomic E-state index is 12.8. The molecule has 0 aromatic rings. The Labute approximate surface area is 158 Å². The van der Waals surface area contributed by atoms with Gasteiger partial charge in [-0.15, -0.1) is 0 Å². The van der Waals surface area contributed by atoms with Gasteiger partial charge in [-0.05, 0) is 73.3 Å². The van der Waals surface area contributed by atoms with Gasteiger partial charge in [0.15, 0.2) is 0 Å². The highest BCUT2D eigenvalue weighted by Crippen LogP contribution is 2.64. The second-order valence-electron chi connectivity index (χ2n) is 8.87. The zero-order valence-electron chi connectivity index (χ0n) is 15.6. The normalized spacial score (nSPS) is 41.1. The molecule has 7 heteroatoms. The fourth-order valence-corrected chi connectivity index (χ4v) is 6.71. The molecule has 0 aliphatic heterocycles. The number of rotatable bonds is 2. The molecule has 0 N–H and O–H groups in total. The van der Waals surface area contributed by atoms with Crippen molar-refractivity contribution in [2.45, 2.75) is 57.9 Å². The van der Waals surface area contributed by atoms with Crippen LogP contribution >= 0.6 is 0 Å². The molecule has 1 saturated carbocycles. The van der Waals surface area contributed by atoms with Gasteiger partial charge < -0.3 is 4.18 Å². The van der Waals surface area contributed by atoms with Gasteiger partial charge in [-0.2, -0.15) is 21.6 Å². The molecule has 0 aromatic carbocycles. The van der Waals surface area contributed by atoms with E-state index in [4.69, 9.17) is 0 Å². The molecule has 0 heterocycles.